The number of hydrogen-bond donors (Lipinski definition) is 2. The molecular weight excluding hydrogens is 289 g/mol. The molecule has 1 aromatic carbocycles. The van der Waals surface area contributed by atoms with E-state index in [1.54, 1.807) is 37.0 Å². The highest BCUT2D eigenvalue weighted by molar-refractivity contribution is 5.96. The molecule has 0 bridgehead atoms. The quantitative estimate of drug-likeness (QED) is 0.492. The molecule has 2 rings (SSSR count). The minimum absolute atomic E-state index is 0.113. The molecule has 0 aliphatic rings. The van der Waals surface area contributed by atoms with Gasteiger partial charge in [-0.2, -0.15) is 5.10 Å². The van der Waals surface area contributed by atoms with E-state index in [0.29, 0.717) is 16.8 Å². The van der Waals surface area contributed by atoms with Gasteiger partial charge in [-0.3, -0.25) is 9.48 Å². The number of carbonyl (C=O) groups is 1. The summed E-state index contributed by atoms with van der Waals surface area (Å²) in [7, 11) is 1.74. The molecule has 116 valence electrons. The summed E-state index contributed by atoms with van der Waals surface area (Å²) in [5.74, 6) is -0.745. The number of hydrogen-bond acceptors (Lipinski definition) is 4. The van der Waals surface area contributed by atoms with Gasteiger partial charge in [0.1, 0.15) is 5.82 Å². The van der Waals surface area contributed by atoms with Crippen LogP contribution in [-0.4, -0.2) is 28.1 Å². The fourth-order valence-electron chi connectivity index (χ4n) is 1.63. The lowest BCUT2D eigenvalue weighted by molar-refractivity contribution is -0.120. The molecule has 7 nitrogen and oxygen atoms in total. The van der Waals surface area contributed by atoms with Crippen molar-refractivity contribution < 1.29 is 14.0 Å². The van der Waals surface area contributed by atoms with E-state index in [9.17, 15) is 9.18 Å². The molecule has 0 atom stereocenters. The Morgan fingerprint density at radius 3 is 2.95 bits per heavy atom. The highest BCUT2D eigenvalue weighted by Gasteiger charge is 2.06. The van der Waals surface area contributed by atoms with Gasteiger partial charge in [0, 0.05) is 18.9 Å². The third kappa shape index (κ3) is 4.05. The van der Waals surface area contributed by atoms with Crippen molar-refractivity contribution in [3.8, 4) is 0 Å². The molecule has 2 aromatic rings. The normalized spacial score (nSPS) is 11.3. The van der Waals surface area contributed by atoms with Crippen LogP contribution in [0.2, 0.25) is 0 Å². The summed E-state index contributed by atoms with van der Waals surface area (Å²) < 4.78 is 14.9. The smallest absolute Gasteiger partial charge is 0.265 e. The van der Waals surface area contributed by atoms with Crippen molar-refractivity contribution in [2.75, 3.05) is 11.9 Å². The Hall–Kier alpha value is -2.90. The van der Waals surface area contributed by atoms with Crippen molar-refractivity contribution in [1.82, 2.24) is 9.78 Å². The van der Waals surface area contributed by atoms with Gasteiger partial charge < -0.3 is 15.9 Å². The average molecular weight is 305 g/mol. The zero-order chi connectivity index (χ0) is 16.1. The van der Waals surface area contributed by atoms with Crippen molar-refractivity contribution in [2.24, 2.45) is 17.9 Å². The second kappa shape index (κ2) is 6.70. The van der Waals surface area contributed by atoms with E-state index in [1.165, 1.54) is 12.3 Å². The first-order valence-corrected chi connectivity index (χ1v) is 6.46. The number of halogens is 1. The van der Waals surface area contributed by atoms with Crippen LogP contribution in [0.3, 0.4) is 0 Å². The first kappa shape index (κ1) is 15.5. The molecule has 3 N–H and O–H groups in total. The molecule has 22 heavy (non-hydrogen) atoms. The number of amidine groups is 1. The molecule has 0 fully saturated rings. The largest absolute Gasteiger partial charge is 0.384 e. The van der Waals surface area contributed by atoms with Crippen LogP contribution in [0.1, 0.15) is 11.1 Å². The number of aryl methyl sites for hydroxylation is 2. The third-order valence-corrected chi connectivity index (χ3v) is 2.81. The van der Waals surface area contributed by atoms with Gasteiger partial charge in [0.2, 0.25) is 0 Å². The van der Waals surface area contributed by atoms with Crippen LogP contribution >= 0.6 is 0 Å². The Morgan fingerprint density at radius 2 is 2.32 bits per heavy atom. The number of anilines is 1. The Balaban J connectivity index is 1.86. The average Bonchev–Trinajstić information content (AvgIpc) is 2.89. The summed E-state index contributed by atoms with van der Waals surface area (Å²) >= 11 is 0. The first-order chi connectivity index (χ1) is 10.5. The highest BCUT2D eigenvalue weighted by Crippen LogP contribution is 2.13. The molecule has 0 aliphatic carbocycles. The van der Waals surface area contributed by atoms with E-state index >= 15 is 0 Å². The van der Waals surface area contributed by atoms with Crippen molar-refractivity contribution in [1.29, 1.82) is 0 Å². The standard InChI is InChI=1S/C14H16FN5O2/c1-9-3-4-11(5-12(9)15)18-13(21)8-22-19-14(16)10-6-17-20(2)7-10/h3-7H,8H2,1-2H3,(H2,16,19)(H,18,21). The van der Waals surface area contributed by atoms with Crippen LogP contribution in [0.15, 0.2) is 35.7 Å². The van der Waals surface area contributed by atoms with Crippen LogP contribution in [-0.2, 0) is 16.7 Å². The highest BCUT2D eigenvalue weighted by atomic mass is 19.1. The van der Waals surface area contributed by atoms with Crippen molar-refractivity contribution in [3.05, 3.63) is 47.5 Å². The van der Waals surface area contributed by atoms with Crippen LogP contribution in [0, 0.1) is 12.7 Å². The molecule has 0 saturated carbocycles. The number of amides is 1. The lowest BCUT2D eigenvalue weighted by atomic mass is 10.2. The second-order valence-corrected chi connectivity index (χ2v) is 4.66. The fraction of sp³-hybridized carbons (Fsp3) is 0.214. The topological polar surface area (TPSA) is 94.5 Å². The van der Waals surface area contributed by atoms with Crippen molar-refractivity contribution in [2.45, 2.75) is 6.92 Å². The second-order valence-electron chi connectivity index (χ2n) is 4.66. The van der Waals surface area contributed by atoms with E-state index in [1.807, 2.05) is 0 Å². The molecule has 1 amide bonds. The monoisotopic (exact) mass is 305 g/mol. The molecule has 1 aromatic heterocycles. The van der Waals surface area contributed by atoms with Gasteiger partial charge >= 0.3 is 0 Å². The number of nitrogens with zero attached hydrogens (tertiary/aromatic N) is 3. The third-order valence-electron chi connectivity index (χ3n) is 2.81. The number of nitrogens with two attached hydrogens (primary N) is 1. The Bertz CT molecular complexity index is 711. The van der Waals surface area contributed by atoms with Crippen LogP contribution in [0.4, 0.5) is 10.1 Å². The summed E-state index contributed by atoms with van der Waals surface area (Å²) in [6.07, 6.45) is 3.19. The zero-order valence-corrected chi connectivity index (χ0v) is 12.2. The van der Waals surface area contributed by atoms with E-state index < -0.39 is 11.7 Å². The number of aromatic nitrogens is 2. The molecule has 0 spiro atoms. The van der Waals surface area contributed by atoms with Crippen LogP contribution in [0.5, 0.6) is 0 Å². The van der Waals surface area contributed by atoms with Crippen LogP contribution < -0.4 is 11.1 Å². The fourth-order valence-corrected chi connectivity index (χ4v) is 1.63. The number of rotatable bonds is 5. The molecule has 0 unspecified atom stereocenters. The van der Waals surface area contributed by atoms with Gasteiger partial charge in [-0.1, -0.05) is 11.2 Å². The first-order valence-electron chi connectivity index (χ1n) is 6.46. The number of nitrogens with one attached hydrogen (secondary N) is 1. The van der Waals surface area contributed by atoms with Crippen molar-refractivity contribution in [3.63, 3.8) is 0 Å². The number of benzene rings is 1. The maximum Gasteiger partial charge on any atom is 0.265 e. The molecule has 0 aliphatic heterocycles. The Labute approximate surface area is 126 Å². The zero-order valence-electron chi connectivity index (χ0n) is 12.2. The minimum Gasteiger partial charge on any atom is -0.384 e. The maximum atomic E-state index is 13.3. The van der Waals surface area contributed by atoms with Gasteiger partial charge in [0.05, 0.1) is 11.8 Å². The molecule has 1 heterocycles. The lowest BCUT2D eigenvalue weighted by Gasteiger charge is -2.05. The molecule has 0 radical (unpaired) electrons. The lowest BCUT2D eigenvalue weighted by Crippen LogP contribution is -2.19. The SMILES string of the molecule is Cc1ccc(NC(=O)CO/N=C(/N)c2cnn(C)c2)cc1F. The molecular formula is C14H16FN5O2. The maximum absolute atomic E-state index is 13.3. The van der Waals surface area contributed by atoms with E-state index in [4.69, 9.17) is 10.6 Å². The van der Waals surface area contributed by atoms with E-state index in [-0.39, 0.29) is 12.4 Å². The van der Waals surface area contributed by atoms with Gasteiger partial charge in [-0.25, -0.2) is 4.39 Å². The van der Waals surface area contributed by atoms with Gasteiger partial charge in [0.15, 0.2) is 12.4 Å². The summed E-state index contributed by atoms with van der Waals surface area (Å²) in [6.45, 7) is 1.30. The predicted molar refractivity (Wildman–Crippen MR) is 79.7 cm³/mol. The summed E-state index contributed by atoms with van der Waals surface area (Å²) in [5, 5.41) is 10.1. The predicted octanol–water partition coefficient (Wildman–Crippen LogP) is 1.14. The Kier molecular flexibility index (Phi) is 4.72. The summed E-state index contributed by atoms with van der Waals surface area (Å²) in [5.41, 5.74) is 7.11. The van der Waals surface area contributed by atoms with Crippen LogP contribution in [0.25, 0.3) is 0 Å². The summed E-state index contributed by atoms with van der Waals surface area (Å²) in [6, 6.07) is 4.41. The van der Waals surface area contributed by atoms with Crippen molar-refractivity contribution >= 4 is 17.4 Å². The number of oxime groups is 1. The van der Waals surface area contributed by atoms with E-state index in [0.717, 1.165) is 0 Å². The Morgan fingerprint density at radius 1 is 1.55 bits per heavy atom. The molecule has 8 heteroatoms. The minimum atomic E-state index is -0.467. The van der Waals surface area contributed by atoms with Gasteiger partial charge in [0.25, 0.3) is 5.91 Å². The number of carbonyl (C=O) groups excluding carboxylic acids is 1. The van der Waals surface area contributed by atoms with Gasteiger partial charge in [-0.15, -0.1) is 0 Å². The van der Waals surface area contributed by atoms with Gasteiger partial charge in [-0.05, 0) is 24.6 Å². The van der Waals surface area contributed by atoms with E-state index in [2.05, 4.69) is 15.6 Å². The molecule has 0 saturated heterocycles. The summed E-state index contributed by atoms with van der Waals surface area (Å²) in [4.78, 5) is 16.5.